The summed E-state index contributed by atoms with van der Waals surface area (Å²) in [7, 11) is 1.03. The van der Waals surface area contributed by atoms with Crippen molar-refractivity contribution in [1.29, 1.82) is 0 Å². The number of methoxy groups -OCH3 is 1. The third-order valence-electron chi connectivity index (χ3n) is 1.67. The first-order valence-electron chi connectivity index (χ1n) is 5.86. The molecule has 1 unspecified atom stereocenters. The van der Waals surface area contributed by atoms with Crippen LogP contribution in [0.1, 0.15) is 9.68 Å². The Bertz CT molecular complexity index is 409. The lowest BCUT2D eigenvalue weighted by Crippen LogP contribution is -2.36. The summed E-state index contributed by atoms with van der Waals surface area (Å²) in [5.41, 5.74) is 6.02. The molecule has 0 aliphatic heterocycles. The standard InChI is InChI=1S/C11H15NO3/c1-14-11(13)10(12)8-15-7-9-5-3-2-4-6-9/h2-6,10H,7-8,12H2,1H3/i8T2,10T. The van der Waals surface area contributed by atoms with E-state index in [-0.39, 0.29) is 6.61 Å². The van der Waals surface area contributed by atoms with Gasteiger partial charge in [0.25, 0.3) is 0 Å². The maximum absolute atomic E-state index is 11.2. The van der Waals surface area contributed by atoms with E-state index in [1.807, 2.05) is 6.07 Å². The van der Waals surface area contributed by atoms with Crippen LogP contribution in [0.4, 0.5) is 0 Å². The molecule has 82 valence electrons. The van der Waals surface area contributed by atoms with Crippen molar-refractivity contribution in [3.8, 4) is 0 Å². The summed E-state index contributed by atoms with van der Waals surface area (Å²) in [5.74, 6) is -1.19. The van der Waals surface area contributed by atoms with Crippen LogP contribution < -0.4 is 5.73 Å². The molecule has 4 nitrogen and oxygen atoms in total. The maximum Gasteiger partial charge on any atom is 0.325 e. The number of nitrogens with two attached hydrogens (primary N) is 1. The van der Waals surface area contributed by atoms with Crippen LogP contribution in [0.2, 0.25) is 0 Å². The normalized spacial score (nSPS) is 18.1. The molecule has 15 heavy (non-hydrogen) atoms. The van der Waals surface area contributed by atoms with Crippen molar-refractivity contribution < 1.29 is 18.4 Å². The van der Waals surface area contributed by atoms with E-state index in [0.717, 1.165) is 7.11 Å². The molecule has 0 radical (unpaired) electrons. The summed E-state index contributed by atoms with van der Waals surface area (Å²) in [6, 6.07) is 6.20. The van der Waals surface area contributed by atoms with Crippen LogP contribution >= 0.6 is 0 Å². The molecule has 0 aliphatic rings. The second-order valence-corrected chi connectivity index (χ2v) is 2.78. The van der Waals surface area contributed by atoms with Crippen molar-refractivity contribution in [1.82, 2.24) is 0 Å². The molecule has 2 N–H and O–H groups in total. The lowest BCUT2D eigenvalue weighted by atomic mass is 10.2. The zero-order valence-corrected chi connectivity index (χ0v) is 8.40. The van der Waals surface area contributed by atoms with Crippen molar-refractivity contribution in [3.05, 3.63) is 35.9 Å². The van der Waals surface area contributed by atoms with E-state index in [4.69, 9.17) is 14.6 Å². The number of carbonyl (C=O) groups is 1. The molecule has 4 heteroatoms. The SMILES string of the molecule is [3H]C([3H])(OCc1ccccc1)C([3H])(N)C(=O)OC. The Morgan fingerprint density at radius 3 is 2.87 bits per heavy atom. The summed E-state index contributed by atoms with van der Waals surface area (Å²) in [4.78, 5) is 11.2. The highest BCUT2D eigenvalue weighted by molar-refractivity contribution is 5.75. The van der Waals surface area contributed by atoms with Gasteiger partial charge in [0, 0.05) is 0 Å². The molecule has 0 heterocycles. The average Bonchev–Trinajstić information content (AvgIpc) is 2.36. The second-order valence-electron chi connectivity index (χ2n) is 2.78. The molecular formula is C11H15NO3. The van der Waals surface area contributed by atoms with E-state index < -0.39 is 18.5 Å². The Morgan fingerprint density at radius 2 is 2.27 bits per heavy atom. The van der Waals surface area contributed by atoms with Gasteiger partial charge in [0.15, 0.2) is 0 Å². The van der Waals surface area contributed by atoms with E-state index in [9.17, 15) is 4.79 Å². The Hall–Kier alpha value is -1.39. The molecule has 0 bridgehead atoms. The fourth-order valence-electron chi connectivity index (χ4n) is 0.923. The van der Waals surface area contributed by atoms with Crippen LogP contribution in [0, 0.1) is 0 Å². The molecule has 1 rings (SSSR count). The van der Waals surface area contributed by atoms with E-state index in [1.165, 1.54) is 0 Å². The predicted octanol–water partition coefficient (Wildman–Crippen LogP) is 0.704. The van der Waals surface area contributed by atoms with Crippen LogP contribution in [0.15, 0.2) is 30.3 Å². The largest absolute Gasteiger partial charge is 0.468 e. The van der Waals surface area contributed by atoms with Gasteiger partial charge in [0.2, 0.25) is 0 Å². The van der Waals surface area contributed by atoms with E-state index in [0.29, 0.717) is 5.56 Å². The molecule has 0 aromatic heterocycles. The molecule has 0 amide bonds. The monoisotopic (exact) mass is 215 g/mol. The number of hydrogen-bond donors (Lipinski definition) is 1. The zero-order chi connectivity index (χ0) is 13.8. The molecule has 0 aliphatic carbocycles. The van der Waals surface area contributed by atoms with Gasteiger partial charge in [-0.15, -0.1) is 0 Å². The Kier molecular flexibility index (Phi) is 3.22. The van der Waals surface area contributed by atoms with E-state index in [2.05, 4.69) is 4.74 Å². The summed E-state index contributed by atoms with van der Waals surface area (Å²) < 4.78 is 31.8. The van der Waals surface area contributed by atoms with Crippen molar-refractivity contribution in [2.45, 2.75) is 12.6 Å². The van der Waals surface area contributed by atoms with Gasteiger partial charge in [0.1, 0.15) is 6.02 Å². The van der Waals surface area contributed by atoms with Gasteiger partial charge in [-0.3, -0.25) is 4.79 Å². The van der Waals surface area contributed by atoms with Crippen molar-refractivity contribution in [2.75, 3.05) is 13.7 Å². The topological polar surface area (TPSA) is 61.5 Å². The highest BCUT2D eigenvalue weighted by Crippen LogP contribution is 2.00. The van der Waals surface area contributed by atoms with Crippen LogP contribution in [-0.2, 0) is 20.9 Å². The minimum absolute atomic E-state index is 0.0946. The smallest absolute Gasteiger partial charge is 0.325 e. The molecule has 0 saturated carbocycles. The number of carbonyl (C=O) groups excluding carboxylic acids is 1. The number of benzene rings is 1. The minimum atomic E-state index is -2.66. The maximum atomic E-state index is 11.2. The summed E-state index contributed by atoms with van der Waals surface area (Å²) in [6.07, 6.45) is 0. The van der Waals surface area contributed by atoms with Crippen LogP contribution in [0.5, 0.6) is 0 Å². The number of esters is 1. The fraction of sp³-hybridized carbons (Fsp3) is 0.364. The number of hydrogen-bond acceptors (Lipinski definition) is 4. The molecular weight excluding hydrogens is 194 g/mol. The zero-order valence-electron chi connectivity index (χ0n) is 11.4. The number of rotatable bonds is 5. The van der Waals surface area contributed by atoms with Gasteiger partial charge in [0.05, 0.1) is 24.4 Å². The van der Waals surface area contributed by atoms with Crippen molar-refractivity contribution >= 4 is 5.97 Å². The summed E-state index contributed by atoms with van der Waals surface area (Å²) >= 11 is 0. The molecule has 0 saturated heterocycles. The minimum Gasteiger partial charge on any atom is -0.468 e. The first-order chi connectivity index (χ1) is 8.31. The highest BCUT2D eigenvalue weighted by Gasteiger charge is 2.13. The second kappa shape index (κ2) is 6.16. The van der Waals surface area contributed by atoms with E-state index in [1.54, 1.807) is 24.3 Å². The summed E-state index contributed by atoms with van der Waals surface area (Å²) in [6.45, 7) is -2.75. The first-order valence-corrected chi connectivity index (χ1v) is 4.36. The van der Waals surface area contributed by atoms with E-state index >= 15 is 0 Å². The van der Waals surface area contributed by atoms with Gasteiger partial charge in [-0.05, 0) is 5.56 Å². The average molecular weight is 215 g/mol. The lowest BCUT2D eigenvalue weighted by molar-refractivity contribution is -0.143. The third-order valence-corrected chi connectivity index (χ3v) is 1.67. The molecule has 0 spiro atoms. The highest BCUT2D eigenvalue weighted by atomic mass is 16.5. The molecule has 1 atom stereocenters. The third kappa shape index (κ3) is 4.10. The predicted molar refractivity (Wildman–Crippen MR) is 56.1 cm³/mol. The van der Waals surface area contributed by atoms with Gasteiger partial charge in [-0.25, -0.2) is 0 Å². The van der Waals surface area contributed by atoms with Crippen molar-refractivity contribution in [3.63, 3.8) is 0 Å². The molecule has 0 fully saturated rings. The van der Waals surface area contributed by atoms with Crippen LogP contribution in [0.25, 0.3) is 0 Å². The van der Waals surface area contributed by atoms with Crippen LogP contribution in [-0.4, -0.2) is 25.7 Å². The quantitative estimate of drug-likeness (QED) is 0.735. The summed E-state index contributed by atoms with van der Waals surface area (Å²) in [5, 5.41) is 0. The lowest BCUT2D eigenvalue weighted by Gasteiger charge is -2.09. The Morgan fingerprint density at radius 1 is 1.60 bits per heavy atom. The Balaban J connectivity index is 2.73. The van der Waals surface area contributed by atoms with Crippen LogP contribution in [0.3, 0.4) is 0 Å². The number of ether oxygens (including phenoxy) is 2. The molecule has 1 aromatic carbocycles. The van der Waals surface area contributed by atoms with Gasteiger partial charge in [-0.2, -0.15) is 0 Å². The fourth-order valence-corrected chi connectivity index (χ4v) is 0.923. The van der Waals surface area contributed by atoms with Gasteiger partial charge < -0.3 is 15.2 Å². The Labute approximate surface area is 93.2 Å². The molecule has 1 aromatic rings. The van der Waals surface area contributed by atoms with Gasteiger partial charge >= 0.3 is 5.97 Å². The van der Waals surface area contributed by atoms with Gasteiger partial charge in [-0.1, -0.05) is 30.3 Å². The first kappa shape index (κ1) is 7.84. The van der Waals surface area contributed by atoms with Crippen molar-refractivity contribution in [2.24, 2.45) is 5.73 Å².